The number of aromatic nitrogens is 1. The Morgan fingerprint density at radius 2 is 1.90 bits per heavy atom. The predicted molar refractivity (Wildman–Crippen MR) is 112 cm³/mol. The molecule has 1 aliphatic carbocycles. The summed E-state index contributed by atoms with van der Waals surface area (Å²) in [6.45, 7) is 2.39. The molecule has 2 N–H and O–H groups in total. The Balaban J connectivity index is 1.45. The number of anilines is 1. The van der Waals surface area contributed by atoms with Crippen LogP contribution in [0.3, 0.4) is 0 Å². The Bertz CT molecular complexity index is 927. The van der Waals surface area contributed by atoms with E-state index in [0.29, 0.717) is 23.8 Å². The van der Waals surface area contributed by atoms with Gasteiger partial charge in [-0.1, -0.05) is 11.6 Å². The highest BCUT2D eigenvalue weighted by atomic mass is 35.5. The minimum atomic E-state index is -4.53. The molecule has 1 saturated carbocycles. The van der Waals surface area contributed by atoms with Gasteiger partial charge in [0, 0.05) is 12.6 Å². The number of nitrogens with zero attached hydrogens (tertiary/aromatic N) is 1. The average Bonchev–Trinajstić information content (AvgIpc) is 2.71. The number of halogens is 5. The van der Waals surface area contributed by atoms with Crippen molar-refractivity contribution >= 4 is 23.3 Å². The maximum absolute atomic E-state index is 13.3. The largest absolute Gasteiger partial charge is 0.416 e. The molecule has 0 aliphatic heterocycles. The van der Waals surface area contributed by atoms with Gasteiger partial charge in [-0.25, -0.2) is 9.37 Å². The first kappa shape index (κ1) is 23.3. The second-order valence-electron chi connectivity index (χ2n) is 7.92. The lowest BCUT2D eigenvalue weighted by molar-refractivity contribution is -0.137. The third-order valence-corrected chi connectivity index (χ3v) is 5.96. The molecule has 1 fully saturated rings. The number of nitrogens with one attached hydrogen (secondary N) is 2. The van der Waals surface area contributed by atoms with E-state index in [0.717, 1.165) is 50.3 Å². The number of alkyl halides is 3. The van der Waals surface area contributed by atoms with E-state index >= 15 is 0 Å². The van der Waals surface area contributed by atoms with Crippen LogP contribution in [0.25, 0.3) is 0 Å². The van der Waals surface area contributed by atoms with E-state index in [2.05, 4.69) is 15.6 Å². The Morgan fingerprint density at radius 1 is 1.19 bits per heavy atom. The van der Waals surface area contributed by atoms with Crippen molar-refractivity contribution in [3.05, 3.63) is 58.0 Å². The van der Waals surface area contributed by atoms with Crippen molar-refractivity contribution in [2.45, 2.75) is 51.2 Å². The Morgan fingerprint density at radius 3 is 2.55 bits per heavy atom. The minimum absolute atomic E-state index is 0.00472. The molecule has 9 heteroatoms. The van der Waals surface area contributed by atoms with Crippen LogP contribution in [-0.4, -0.2) is 23.5 Å². The molecule has 0 radical (unpaired) electrons. The molecule has 1 heterocycles. The van der Waals surface area contributed by atoms with Crippen LogP contribution in [0.2, 0.25) is 5.02 Å². The van der Waals surface area contributed by atoms with Crippen molar-refractivity contribution in [2.24, 2.45) is 5.92 Å². The number of rotatable bonds is 6. The zero-order chi connectivity index (χ0) is 22.6. The van der Waals surface area contributed by atoms with E-state index in [1.54, 1.807) is 13.0 Å². The van der Waals surface area contributed by atoms with E-state index in [-0.39, 0.29) is 22.4 Å². The Hall–Kier alpha value is -2.35. The molecule has 2 aromatic rings. The molecule has 1 aromatic heterocycles. The van der Waals surface area contributed by atoms with Gasteiger partial charge in [-0.3, -0.25) is 4.79 Å². The van der Waals surface area contributed by atoms with Gasteiger partial charge in [0.25, 0.3) is 5.91 Å². The number of carbonyl (C=O) groups is 1. The van der Waals surface area contributed by atoms with E-state index < -0.39 is 17.6 Å². The maximum atomic E-state index is 13.3. The van der Waals surface area contributed by atoms with Crippen LogP contribution in [0.1, 0.15) is 53.6 Å². The van der Waals surface area contributed by atoms with Gasteiger partial charge in [-0.05, 0) is 74.8 Å². The van der Waals surface area contributed by atoms with Gasteiger partial charge in [0.1, 0.15) is 11.6 Å². The van der Waals surface area contributed by atoms with Crippen LogP contribution in [0.5, 0.6) is 0 Å². The van der Waals surface area contributed by atoms with Crippen molar-refractivity contribution in [2.75, 3.05) is 11.9 Å². The first-order valence-corrected chi connectivity index (χ1v) is 10.5. The highest BCUT2D eigenvalue weighted by molar-refractivity contribution is 6.33. The summed E-state index contributed by atoms with van der Waals surface area (Å²) in [6, 6.07) is 4.33. The van der Waals surface area contributed by atoms with E-state index in [9.17, 15) is 22.4 Å². The number of aryl methyl sites for hydroxylation is 1. The van der Waals surface area contributed by atoms with Crippen LogP contribution in [0.15, 0.2) is 30.5 Å². The molecular weight excluding hydrogens is 434 g/mol. The fraction of sp³-hybridized carbons (Fsp3) is 0.455. The predicted octanol–water partition coefficient (Wildman–Crippen LogP) is 5.99. The summed E-state index contributed by atoms with van der Waals surface area (Å²) < 4.78 is 52.0. The SMILES string of the molecule is Cc1cc(NCC[C@H]2CC[C@H](NC(=O)c3cc(C(F)(F)F)ccc3Cl)CC2)ncc1F. The molecular formula is C22H24ClF4N3O. The quantitative estimate of drug-likeness (QED) is 0.524. The molecule has 1 aromatic carbocycles. The van der Waals surface area contributed by atoms with E-state index in [1.807, 2.05) is 0 Å². The zero-order valence-electron chi connectivity index (χ0n) is 17.0. The molecule has 0 bridgehead atoms. The summed E-state index contributed by atoms with van der Waals surface area (Å²) in [5.41, 5.74) is -0.524. The normalized spacial score (nSPS) is 19.2. The topological polar surface area (TPSA) is 54.0 Å². The first-order valence-electron chi connectivity index (χ1n) is 10.2. The van der Waals surface area contributed by atoms with Gasteiger partial charge in [-0.15, -0.1) is 0 Å². The van der Waals surface area contributed by atoms with E-state index in [4.69, 9.17) is 11.6 Å². The molecule has 0 spiro atoms. The van der Waals surface area contributed by atoms with Crippen molar-refractivity contribution in [3.8, 4) is 0 Å². The van der Waals surface area contributed by atoms with Crippen LogP contribution in [-0.2, 0) is 6.18 Å². The molecule has 168 valence electrons. The maximum Gasteiger partial charge on any atom is 0.416 e. The Kier molecular flexibility index (Phi) is 7.41. The molecule has 0 atom stereocenters. The zero-order valence-corrected chi connectivity index (χ0v) is 17.8. The summed E-state index contributed by atoms with van der Waals surface area (Å²) >= 11 is 5.95. The molecule has 31 heavy (non-hydrogen) atoms. The average molecular weight is 458 g/mol. The number of carbonyl (C=O) groups excluding carboxylic acids is 1. The van der Waals surface area contributed by atoms with Gasteiger partial charge >= 0.3 is 6.18 Å². The fourth-order valence-electron chi connectivity index (χ4n) is 3.77. The van der Waals surface area contributed by atoms with Crippen molar-refractivity contribution < 1.29 is 22.4 Å². The second-order valence-corrected chi connectivity index (χ2v) is 8.32. The van der Waals surface area contributed by atoms with Crippen LogP contribution in [0.4, 0.5) is 23.4 Å². The number of hydrogen-bond acceptors (Lipinski definition) is 3. The second kappa shape index (κ2) is 9.85. The van der Waals surface area contributed by atoms with Gasteiger partial charge in [0.15, 0.2) is 0 Å². The first-order chi connectivity index (χ1) is 14.6. The molecule has 1 amide bonds. The number of benzene rings is 1. The number of amides is 1. The molecule has 0 saturated heterocycles. The smallest absolute Gasteiger partial charge is 0.370 e. The van der Waals surface area contributed by atoms with Crippen LogP contribution >= 0.6 is 11.6 Å². The molecule has 3 rings (SSSR count). The van der Waals surface area contributed by atoms with Gasteiger partial charge in [0.05, 0.1) is 22.3 Å². The van der Waals surface area contributed by atoms with E-state index in [1.165, 1.54) is 6.20 Å². The van der Waals surface area contributed by atoms with Crippen molar-refractivity contribution in [1.82, 2.24) is 10.3 Å². The summed E-state index contributed by atoms with van der Waals surface area (Å²) in [6.07, 6.45) is 0.883. The summed E-state index contributed by atoms with van der Waals surface area (Å²) in [5.74, 6) is 0.188. The highest BCUT2D eigenvalue weighted by Crippen LogP contribution is 2.32. The van der Waals surface area contributed by atoms with Crippen molar-refractivity contribution in [3.63, 3.8) is 0 Å². The summed E-state index contributed by atoms with van der Waals surface area (Å²) in [7, 11) is 0. The summed E-state index contributed by atoms with van der Waals surface area (Å²) in [4.78, 5) is 16.5. The van der Waals surface area contributed by atoms with Crippen LogP contribution in [0, 0.1) is 18.7 Å². The van der Waals surface area contributed by atoms with Crippen molar-refractivity contribution in [1.29, 1.82) is 0 Å². The fourth-order valence-corrected chi connectivity index (χ4v) is 3.98. The third kappa shape index (κ3) is 6.32. The lowest BCUT2D eigenvalue weighted by atomic mass is 9.84. The minimum Gasteiger partial charge on any atom is -0.370 e. The van der Waals surface area contributed by atoms with Gasteiger partial charge in [0.2, 0.25) is 0 Å². The monoisotopic (exact) mass is 457 g/mol. The standard InChI is InChI=1S/C22H24ClF4N3O/c1-13-10-20(29-12-19(13)24)28-9-8-14-2-5-16(6-3-14)30-21(31)17-11-15(22(25,26)27)4-7-18(17)23/h4,7,10-12,14,16H,2-3,5-6,8-9H2,1H3,(H,28,29)(H,30,31)/t14-,16-. The van der Waals surface area contributed by atoms with Gasteiger partial charge in [-0.2, -0.15) is 13.2 Å². The third-order valence-electron chi connectivity index (χ3n) is 5.63. The molecule has 0 unspecified atom stereocenters. The van der Waals surface area contributed by atoms with Crippen LogP contribution < -0.4 is 10.6 Å². The highest BCUT2D eigenvalue weighted by Gasteiger charge is 2.32. The summed E-state index contributed by atoms with van der Waals surface area (Å²) in [5, 5.41) is 6.01. The Labute approximate surface area is 183 Å². The van der Waals surface area contributed by atoms with Gasteiger partial charge < -0.3 is 10.6 Å². The molecule has 1 aliphatic rings. The lowest BCUT2D eigenvalue weighted by Gasteiger charge is -2.29. The molecule has 4 nitrogen and oxygen atoms in total. The number of hydrogen-bond donors (Lipinski definition) is 2. The number of pyridine rings is 1. The lowest BCUT2D eigenvalue weighted by Crippen LogP contribution is -2.38.